The molecule has 0 atom stereocenters. The van der Waals surface area contributed by atoms with Gasteiger partial charge in [0.15, 0.2) is 0 Å². The molecule has 0 aliphatic carbocycles. The van der Waals surface area contributed by atoms with E-state index in [9.17, 15) is 9.90 Å². The quantitative estimate of drug-likeness (QED) is 0.927. The van der Waals surface area contributed by atoms with Crippen LogP contribution < -0.4 is 4.90 Å². The van der Waals surface area contributed by atoms with Crippen LogP contribution in [0.15, 0.2) is 12.1 Å². The van der Waals surface area contributed by atoms with Crippen LogP contribution in [0.4, 0.5) is 5.69 Å². The Bertz CT molecular complexity index is 498. The predicted molar refractivity (Wildman–Crippen MR) is 80.0 cm³/mol. The molecule has 1 N–H and O–H groups in total. The average molecular weight is 298 g/mol. The Balaban J connectivity index is 2.20. The molecule has 0 unspecified atom stereocenters. The monoisotopic (exact) mass is 297 g/mol. The van der Waals surface area contributed by atoms with Gasteiger partial charge in [0, 0.05) is 37.5 Å². The molecule has 0 aromatic heterocycles. The minimum Gasteiger partial charge on any atom is -0.478 e. The molecule has 1 fully saturated rings. The standard InChI is InChI=1S/C15H20ClNO3/c1-10-13(15(18)19)7-12(16)8-14(10)17(2)9-11-3-5-20-6-4-11/h7-8,11H,3-6,9H2,1-2H3,(H,18,19). The van der Waals surface area contributed by atoms with Crippen molar-refractivity contribution in [3.8, 4) is 0 Å². The molecule has 4 nitrogen and oxygen atoms in total. The van der Waals surface area contributed by atoms with E-state index in [1.807, 2.05) is 20.0 Å². The second-order valence-electron chi connectivity index (χ2n) is 5.34. The first kappa shape index (κ1) is 15.1. The molecule has 0 spiro atoms. The number of halogens is 1. The van der Waals surface area contributed by atoms with E-state index in [4.69, 9.17) is 16.3 Å². The van der Waals surface area contributed by atoms with Crippen molar-refractivity contribution in [1.82, 2.24) is 0 Å². The summed E-state index contributed by atoms with van der Waals surface area (Å²) in [5, 5.41) is 9.68. The molecule has 1 aliphatic rings. The average Bonchev–Trinajstić information content (AvgIpc) is 2.41. The first-order valence-electron chi connectivity index (χ1n) is 6.81. The first-order valence-corrected chi connectivity index (χ1v) is 7.19. The number of carboxylic acids is 1. The van der Waals surface area contributed by atoms with Gasteiger partial charge in [0.05, 0.1) is 5.56 Å². The van der Waals surface area contributed by atoms with Crippen LogP contribution >= 0.6 is 11.6 Å². The van der Waals surface area contributed by atoms with Gasteiger partial charge in [-0.3, -0.25) is 0 Å². The molecule has 1 aromatic rings. The Hall–Kier alpha value is -1.26. The van der Waals surface area contributed by atoms with Crippen molar-refractivity contribution in [3.05, 3.63) is 28.3 Å². The third-order valence-electron chi connectivity index (χ3n) is 3.86. The zero-order valence-corrected chi connectivity index (χ0v) is 12.6. The number of rotatable bonds is 4. The fraction of sp³-hybridized carbons (Fsp3) is 0.533. The summed E-state index contributed by atoms with van der Waals surface area (Å²) in [4.78, 5) is 13.3. The topological polar surface area (TPSA) is 49.8 Å². The molecule has 5 heteroatoms. The number of ether oxygens (including phenoxy) is 1. The third-order valence-corrected chi connectivity index (χ3v) is 4.08. The summed E-state index contributed by atoms with van der Waals surface area (Å²) in [6.45, 7) is 4.35. The lowest BCUT2D eigenvalue weighted by molar-refractivity contribution is 0.0685. The Labute approximate surface area is 124 Å². The molecule has 1 aromatic carbocycles. The van der Waals surface area contributed by atoms with E-state index < -0.39 is 5.97 Å². The minimum absolute atomic E-state index is 0.270. The van der Waals surface area contributed by atoms with Gasteiger partial charge in [0.1, 0.15) is 0 Å². The number of nitrogens with zero attached hydrogens (tertiary/aromatic N) is 1. The lowest BCUT2D eigenvalue weighted by Gasteiger charge is -2.29. The highest BCUT2D eigenvalue weighted by Crippen LogP contribution is 2.29. The highest BCUT2D eigenvalue weighted by molar-refractivity contribution is 6.31. The number of anilines is 1. The van der Waals surface area contributed by atoms with Gasteiger partial charge in [-0.05, 0) is 43.4 Å². The molecule has 0 saturated carbocycles. The van der Waals surface area contributed by atoms with Gasteiger partial charge in [-0.15, -0.1) is 0 Å². The summed E-state index contributed by atoms with van der Waals surface area (Å²) >= 11 is 6.04. The lowest BCUT2D eigenvalue weighted by atomic mass is 9.98. The molecule has 1 aliphatic heterocycles. The second-order valence-corrected chi connectivity index (χ2v) is 5.78. The number of carboxylic acid groups (broad SMARTS) is 1. The number of benzene rings is 1. The molecule has 0 radical (unpaired) electrons. The van der Waals surface area contributed by atoms with E-state index in [1.165, 1.54) is 6.07 Å². The van der Waals surface area contributed by atoms with Gasteiger partial charge in [-0.2, -0.15) is 0 Å². The third kappa shape index (κ3) is 3.44. The highest BCUT2D eigenvalue weighted by Gasteiger charge is 2.19. The maximum absolute atomic E-state index is 11.2. The Morgan fingerprint density at radius 3 is 2.70 bits per heavy atom. The SMILES string of the molecule is Cc1c(C(=O)O)cc(Cl)cc1N(C)CC1CCOCC1. The summed E-state index contributed by atoms with van der Waals surface area (Å²) in [5.41, 5.74) is 1.92. The molecular formula is C15H20ClNO3. The first-order chi connectivity index (χ1) is 9.49. The lowest BCUT2D eigenvalue weighted by Crippen LogP contribution is -2.30. The van der Waals surface area contributed by atoms with Crippen molar-refractivity contribution in [2.45, 2.75) is 19.8 Å². The molecule has 2 rings (SSSR count). The molecule has 0 amide bonds. The Morgan fingerprint density at radius 1 is 1.45 bits per heavy atom. The zero-order chi connectivity index (χ0) is 14.7. The summed E-state index contributed by atoms with van der Waals surface area (Å²) in [6.07, 6.45) is 2.10. The van der Waals surface area contributed by atoms with Crippen LogP contribution in [0, 0.1) is 12.8 Å². The molecular weight excluding hydrogens is 278 g/mol. The minimum atomic E-state index is -0.939. The van der Waals surface area contributed by atoms with E-state index >= 15 is 0 Å². The largest absolute Gasteiger partial charge is 0.478 e. The van der Waals surface area contributed by atoms with E-state index in [0.717, 1.165) is 43.9 Å². The normalized spacial score (nSPS) is 16.1. The van der Waals surface area contributed by atoms with Crippen molar-refractivity contribution in [2.24, 2.45) is 5.92 Å². The molecule has 1 saturated heterocycles. The van der Waals surface area contributed by atoms with Gasteiger partial charge < -0.3 is 14.7 Å². The number of hydrogen-bond acceptors (Lipinski definition) is 3. The molecule has 1 heterocycles. The molecule has 20 heavy (non-hydrogen) atoms. The van der Waals surface area contributed by atoms with E-state index in [2.05, 4.69) is 4.90 Å². The zero-order valence-electron chi connectivity index (χ0n) is 11.9. The molecule has 0 bridgehead atoms. The van der Waals surface area contributed by atoms with Gasteiger partial charge >= 0.3 is 5.97 Å². The van der Waals surface area contributed by atoms with Crippen LogP contribution in [0.3, 0.4) is 0 Å². The van der Waals surface area contributed by atoms with Gasteiger partial charge in [-0.1, -0.05) is 11.6 Å². The van der Waals surface area contributed by atoms with E-state index in [1.54, 1.807) is 0 Å². The Kier molecular flexibility index (Phi) is 4.89. The van der Waals surface area contributed by atoms with Crippen molar-refractivity contribution < 1.29 is 14.6 Å². The van der Waals surface area contributed by atoms with Crippen LogP contribution in [0.2, 0.25) is 5.02 Å². The van der Waals surface area contributed by atoms with Crippen LogP contribution in [0.25, 0.3) is 0 Å². The smallest absolute Gasteiger partial charge is 0.336 e. The van der Waals surface area contributed by atoms with E-state index in [-0.39, 0.29) is 5.56 Å². The van der Waals surface area contributed by atoms with Crippen LogP contribution in [-0.2, 0) is 4.74 Å². The number of aromatic carboxylic acids is 1. The summed E-state index contributed by atoms with van der Waals surface area (Å²) < 4.78 is 5.36. The van der Waals surface area contributed by atoms with Crippen molar-refractivity contribution >= 4 is 23.3 Å². The molecule has 110 valence electrons. The Morgan fingerprint density at radius 2 is 2.10 bits per heavy atom. The van der Waals surface area contributed by atoms with Crippen molar-refractivity contribution in [1.29, 1.82) is 0 Å². The number of hydrogen-bond donors (Lipinski definition) is 1. The van der Waals surface area contributed by atoms with Crippen molar-refractivity contribution in [2.75, 3.05) is 31.7 Å². The summed E-state index contributed by atoms with van der Waals surface area (Å²) in [7, 11) is 1.99. The van der Waals surface area contributed by atoms with Crippen molar-refractivity contribution in [3.63, 3.8) is 0 Å². The van der Waals surface area contributed by atoms with Crippen LogP contribution in [0.1, 0.15) is 28.8 Å². The second kappa shape index (κ2) is 6.46. The van der Waals surface area contributed by atoms with Crippen LogP contribution in [0.5, 0.6) is 0 Å². The maximum atomic E-state index is 11.2. The van der Waals surface area contributed by atoms with Crippen LogP contribution in [-0.4, -0.2) is 37.9 Å². The predicted octanol–water partition coefficient (Wildman–Crippen LogP) is 3.21. The summed E-state index contributed by atoms with van der Waals surface area (Å²) in [6, 6.07) is 3.34. The van der Waals surface area contributed by atoms with Gasteiger partial charge in [0.2, 0.25) is 0 Å². The fourth-order valence-electron chi connectivity index (χ4n) is 2.70. The fourth-order valence-corrected chi connectivity index (χ4v) is 2.91. The maximum Gasteiger partial charge on any atom is 0.336 e. The number of carbonyl (C=O) groups is 1. The highest BCUT2D eigenvalue weighted by atomic mass is 35.5. The van der Waals surface area contributed by atoms with Gasteiger partial charge in [0.25, 0.3) is 0 Å². The summed E-state index contributed by atoms with van der Waals surface area (Å²) in [5.74, 6) is -0.355. The van der Waals surface area contributed by atoms with E-state index in [0.29, 0.717) is 10.9 Å². The van der Waals surface area contributed by atoms with Gasteiger partial charge in [-0.25, -0.2) is 4.79 Å².